The normalized spacial score (nSPS) is 16.0. The van der Waals surface area contributed by atoms with Crippen LogP contribution in [0.4, 0.5) is 11.5 Å². The lowest BCUT2D eigenvalue weighted by atomic mass is 10.1. The van der Waals surface area contributed by atoms with Gasteiger partial charge >= 0.3 is 0 Å². The summed E-state index contributed by atoms with van der Waals surface area (Å²) in [6.07, 6.45) is 4.28. The van der Waals surface area contributed by atoms with Gasteiger partial charge in [0, 0.05) is 30.3 Å². The number of anilines is 2. The number of carbonyl (C=O) groups excluding carboxylic acids is 1. The fourth-order valence-electron chi connectivity index (χ4n) is 3.58. The van der Waals surface area contributed by atoms with Crippen LogP contribution in [0.1, 0.15) is 18.1 Å². The van der Waals surface area contributed by atoms with Gasteiger partial charge in [0.05, 0.1) is 10.4 Å². The number of carbonyl (C=O) groups is 1. The van der Waals surface area contributed by atoms with E-state index in [1.165, 1.54) is 30.6 Å². The first kappa shape index (κ1) is 18.4. The number of benzene rings is 2. The molecule has 1 amide bonds. The van der Waals surface area contributed by atoms with Gasteiger partial charge in [0.15, 0.2) is 9.84 Å². The summed E-state index contributed by atoms with van der Waals surface area (Å²) in [5.74, 6) is 0.525. The predicted molar refractivity (Wildman–Crippen MR) is 108 cm³/mol. The van der Waals surface area contributed by atoms with Gasteiger partial charge in [0.1, 0.15) is 12.1 Å². The molecule has 4 rings (SSSR count). The van der Waals surface area contributed by atoms with Crippen molar-refractivity contribution in [3.63, 3.8) is 0 Å². The first-order chi connectivity index (χ1) is 13.3. The van der Waals surface area contributed by atoms with Crippen molar-refractivity contribution in [2.75, 3.05) is 16.9 Å². The Kier molecular flexibility index (Phi) is 4.50. The molecule has 0 aliphatic heterocycles. The van der Waals surface area contributed by atoms with E-state index in [4.69, 9.17) is 0 Å². The van der Waals surface area contributed by atoms with Crippen LogP contribution >= 0.6 is 0 Å². The molecule has 2 N–H and O–H groups in total. The summed E-state index contributed by atoms with van der Waals surface area (Å²) in [5.41, 5.74) is 3.88. The molecule has 7 nitrogen and oxygen atoms in total. The highest BCUT2D eigenvalue weighted by Gasteiger charge is 2.23. The highest BCUT2D eigenvalue weighted by Crippen LogP contribution is 2.29. The SMILES string of the molecule is CC(=O)Nc1ccc2c(c1)CC(Nc1ncnc3ccc(S(C)(=O)=O)cc13)C2. The number of amides is 1. The van der Waals surface area contributed by atoms with Crippen LogP contribution in [0.2, 0.25) is 0 Å². The van der Waals surface area contributed by atoms with Crippen LogP contribution in [0, 0.1) is 0 Å². The van der Waals surface area contributed by atoms with Crippen molar-refractivity contribution in [3.8, 4) is 0 Å². The predicted octanol–water partition coefficient (Wildman–Crippen LogP) is 2.57. The minimum atomic E-state index is -3.31. The number of rotatable bonds is 4. The fraction of sp³-hybridized carbons (Fsp3) is 0.250. The zero-order chi connectivity index (χ0) is 19.9. The van der Waals surface area contributed by atoms with Crippen LogP contribution in [0.5, 0.6) is 0 Å². The molecule has 0 fully saturated rings. The maximum atomic E-state index is 11.9. The van der Waals surface area contributed by atoms with Crippen LogP contribution in [-0.4, -0.2) is 36.6 Å². The molecule has 2 aromatic carbocycles. The Hall–Kier alpha value is -3.00. The first-order valence-electron chi connectivity index (χ1n) is 8.90. The second-order valence-corrected chi connectivity index (χ2v) is 9.10. The fourth-order valence-corrected chi connectivity index (χ4v) is 4.22. The smallest absolute Gasteiger partial charge is 0.221 e. The van der Waals surface area contributed by atoms with E-state index in [9.17, 15) is 13.2 Å². The van der Waals surface area contributed by atoms with Crippen molar-refractivity contribution in [2.24, 2.45) is 0 Å². The number of nitrogens with zero attached hydrogens (tertiary/aromatic N) is 2. The van der Waals surface area contributed by atoms with Gasteiger partial charge in [-0.3, -0.25) is 4.79 Å². The Morgan fingerprint density at radius 2 is 1.86 bits per heavy atom. The molecule has 0 saturated carbocycles. The van der Waals surface area contributed by atoms with E-state index >= 15 is 0 Å². The summed E-state index contributed by atoms with van der Waals surface area (Å²) in [4.78, 5) is 20.1. The summed E-state index contributed by atoms with van der Waals surface area (Å²) in [5, 5.41) is 6.92. The lowest BCUT2D eigenvalue weighted by Crippen LogP contribution is -2.20. The Bertz CT molecular complexity index is 1190. The van der Waals surface area contributed by atoms with Gasteiger partial charge in [-0.05, 0) is 54.3 Å². The first-order valence-corrected chi connectivity index (χ1v) is 10.8. The number of hydrogen-bond donors (Lipinski definition) is 2. The summed E-state index contributed by atoms with van der Waals surface area (Å²) in [6.45, 7) is 1.49. The van der Waals surface area contributed by atoms with Crippen LogP contribution in [0.3, 0.4) is 0 Å². The molecule has 0 saturated heterocycles. The molecular weight excluding hydrogens is 376 g/mol. The molecule has 144 valence electrons. The molecule has 1 aliphatic rings. The summed E-state index contributed by atoms with van der Waals surface area (Å²) < 4.78 is 23.8. The quantitative estimate of drug-likeness (QED) is 0.703. The van der Waals surface area contributed by atoms with E-state index in [1.54, 1.807) is 18.2 Å². The van der Waals surface area contributed by atoms with Gasteiger partial charge in [-0.1, -0.05) is 6.07 Å². The number of nitrogens with one attached hydrogen (secondary N) is 2. The minimum Gasteiger partial charge on any atom is -0.366 e. The van der Waals surface area contributed by atoms with Crippen molar-refractivity contribution in [1.29, 1.82) is 0 Å². The van der Waals surface area contributed by atoms with Crippen LogP contribution in [0.25, 0.3) is 10.9 Å². The van der Waals surface area contributed by atoms with Gasteiger partial charge in [-0.2, -0.15) is 0 Å². The van der Waals surface area contributed by atoms with Gasteiger partial charge in [-0.15, -0.1) is 0 Å². The summed E-state index contributed by atoms with van der Waals surface area (Å²) in [6, 6.07) is 10.9. The third-order valence-electron chi connectivity index (χ3n) is 4.84. The van der Waals surface area contributed by atoms with E-state index in [2.05, 4.69) is 20.6 Å². The molecule has 0 radical (unpaired) electrons. The molecule has 1 aromatic heterocycles. The van der Waals surface area contributed by atoms with Crippen LogP contribution in [-0.2, 0) is 27.5 Å². The number of aromatic nitrogens is 2. The summed E-state index contributed by atoms with van der Waals surface area (Å²) in [7, 11) is -3.31. The molecule has 1 atom stereocenters. The summed E-state index contributed by atoms with van der Waals surface area (Å²) >= 11 is 0. The number of fused-ring (bicyclic) bond motifs is 2. The van der Waals surface area contributed by atoms with E-state index in [0.717, 1.165) is 18.5 Å². The van der Waals surface area contributed by atoms with Crippen molar-refractivity contribution >= 4 is 38.2 Å². The van der Waals surface area contributed by atoms with E-state index in [-0.39, 0.29) is 16.8 Å². The number of sulfone groups is 1. The van der Waals surface area contributed by atoms with Crippen molar-refractivity contribution in [3.05, 3.63) is 53.9 Å². The molecule has 8 heteroatoms. The molecule has 0 bridgehead atoms. The van der Waals surface area contributed by atoms with Gasteiger partial charge < -0.3 is 10.6 Å². The Labute approximate surface area is 163 Å². The lowest BCUT2D eigenvalue weighted by molar-refractivity contribution is -0.114. The Morgan fingerprint density at radius 1 is 1.07 bits per heavy atom. The van der Waals surface area contributed by atoms with Crippen molar-refractivity contribution < 1.29 is 13.2 Å². The maximum absolute atomic E-state index is 11.9. The highest BCUT2D eigenvalue weighted by atomic mass is 32.2. The van der Waals surface area contributed by atoms with E-state index in [0.29, 0.717) is 16.7 Å². The minimum absolute atomic E-state index is 0.0956. The van der Waals surface area contributed by atoms with Crippen LogP contribution < -0.4 is 10.6 Å². The third kappa shape index (κ3) is 3.68. The van der Waals surface area contributed by atoms with E-state index < -0.39 is 9.84 Å². The van der Waals surface area contributed by atoms with Gasteiger partial charge in [0.25, 0.3) is 0 Å². The Balaban J connectivity index is 1.61. The average molecular weight is 396 g/mol. The molecule has 0 spiro atoms. The lowest BCUT2D eigenvalue weighted by Gasteiger charge is -2.14. The molecule has 28 heavy (non-hydrogen) atoms. The second-order valence-electron chi connectivity index (χ2n) is 7.09. The maximum Gasteiger partial charge on any atom is 0.221 e. The zero-order valence-corrected chi connectivity index (χ0v) is 16.4. The Morgan fingerprint density at radius 3 is 2.61 bits per heavy atom. The van der Waals surface area contributed by atoms with Gasteiger partial charge in [0.2, 0.25) is 5.91 Å². The van der Waals surface area contributed by atoms with Crippen LogP contribution in [0.15, 0.2) is 47.6 Å². The van der Waals surface area contributed by atoms with Gasteiger partial charge in [-0.25, -0.2) is 18.4 Å². The molecule has 1 aliphatic carbocycles. The monoisotopic (exact) mass is 396 g/mol. The van der Waals surface area contributed by atoms with Crippen molar-refractivity contribution in [1.82, 2.24) is 9.97 Å². The topological polar surface area (TPSA) is 101 Å². The zero-order valence-electron chi connectivity index (χ0n) is 15.6. The van der Waals surface area contributed by atoms with E-state index in [1.807, 2.05) is 18.2 Å². The van der Waals surface area contributed by atoms with Crippen molar-refractivity contribution in [2.45, 2.75) is 30.7 Å². The average Bonchev–Trinajstić information content (AvgIpc) is 3.02. The molecular formula is C20H20N4O3S. The molecule has 3 aromatic rings. The molecule has 1 unspecified atom stereocenters. The number of hydrogen-bond acceptors (Lipinski definition) is 6. The largest absolute Gasteiger partial charge is 0.366 e. The highest BCUT2D eigenvalue weighted by molar-refractivity contribution is 7.90. The molecule has 1 heterocycles. The standard InChI is InChI=1S/C20H20N4O3S/c1-12(25)23-15-4-3-13-7-16(9-14(13)8-15)24-20-18-10-17(28(2,26)27)5-6-19(18)21-11-22-20/h3-6,8,10-11,16H,7,9H2,1-2H3,(H,23,25)(H,21,22,24). The third-order valence-corrected chi connectivity index (χ3v) is 5.95. The second kappa shape index (κ2) is 6.87.